The van der Waals surface area contributed by atoms with Crippen LogP contribution >= 0.6 is 11.3 Å². The van der Waals surface area contributed by atoms with Gasteiger partial charge in [-0.2, -0.15) is 18.3 Å². The first-order valence-electron chi connectivity index (χ1n) is 7.62. The number of nitrogens with zero attached hydrogens (tertiary/aromatic N) is 3. The summed E-state index contributed by atoms with van der Waals surface area (Å²) < 4.78 is 41.0. The molecular weight excluding hydrogens is 353 g/mol. The first kappa shape index (κ1) is 17.4. The summed E-state index contributed by atoms with van der Waals surface area (Å²) in [5, 5.41) is 8.26. The third-order valence-electron chi connectivity index (χ3n) is 3.71. The number of amides is 1. The maximum absolute atomic E-state index is 13.4. The number of alkyl halides is 3. The van der Waals surface area contributed by atoms with Crippen molar-refractivity contribution in [3.8, 4) is 10.6 Å². The zero-order valence-corrected chi connectivity index (χ0v) is 14.3. The minimum absolute atomic E-state index is 0.0208. The van der Waals surface area contributed by atoms with E-state index in [1.54, 1.807) is 17.5 Å². The van der Waals surface area contributed by atoms with E-state index in [2.05, 4.69) is 15.4 Å². The van der Waals surface area contributed by atoms with Crippen molar-refractivity contribution in [1.29, 1.82) is 0 Å². The number of rotatable bonds is 4. The lowest BCUT2D eigenvalue weighted by molar-refractivity contribution is -0.142. The van der Waals surface area contributed by atoms with Crippen molar-refractivity contribution in [2.75, 3.05) is 0 Å². The molecule has 9 heteroatoms. The number of hydrogen-bond donors (Lipinski definition) is 1. The van der Waals surface area contributed by atoms with Gasteiger partial charge in [-0.15, -0.1) is 11.3 Å². The van der Waals surface area contributed by atoms with Gasteiger partial charge in [-0.25, -0.2) is 9.50 Å². The highest BCUT2D eigenvalue weighted by Crippen LogP contribution is 2.33. The summed E-state index contributed by atoms with van der Waals surface area (Å²) in [5.74, 6) is -0.523. The van der Waals surface area contributed by atoms with Crippen LogP contribution in [-0.4, -0.2) is 26.5 Å². The maximum atomic E-state index is 13.4. The van der Waals surface area contributed by atoms with Crippen molar-refractivity contribution < 1.29 is 18.0 Å². The van der Waals surface area contributed by atoms with Gasteiger partial charge in [-0.05, 0) is 30.9 Å². The summed E-state index contributed by atoms with van der Waals surface area (Å²) >= 11 is 1.29. The van der Waals surface area contributed by atoms with Crippen LogP contribution in [0.4, 0.5) is 13.2 Å². The summed E-state index contributed by atoms with van der Waals surface area (Å²) in [7, 11) is 0. The molecule has 0 fully saturated rings. The first-order valence-corrected chi connectivity index (χ1v) is 8.50. The average Bonchev–Trinajstić information content (AvgIpc) is 3.21. The third kappa shape index (κ3) is 3.51. The Morgan fingerprint density at radius 1 is 1.40 bits per heavy atom. The van der Waals surface area contributed by atoms with Crippen LogP contribution in [0.5, 0.6) is 0 Å². The summed E-state index contributed by atoms with van der Waals surface area (Å²) in [6.07, 6.45) is -3.92. The number of carbonyl (C=O) groups is 1. The van der Waals surface area contributed by atoms with Gasteiger partial charge in [0.15, 0.2) is 17.0 Å². The fourth-order valence-electron chi connectivity index (χ4n) is 2.24. The topological polar surface area (TPSA) is 59.3 Å². The van der Waals surface area contributed by atoms with Gasteiger partial charge in [-0.1, -0.05) is 13.0 Å². The molecular formula is C16H15F3N4OS. The largest absolute Gasteiger partial charge is 0.433 e. The van der Waals surface area contributed by atoms with Crippen molar-refractivity contribution in [1.82, 2.24) is 19.9 Å². The molecule has 132 valence electrons. The zero-order valence-electron chi connectivity index (χ0n) is 13.5. The van der Waals surface area contributed by atoms with E-state index in [1.165, 1.54) is 17.4 Å². The summed E-state index contributed by atoms with van der Waals surface area (Å²) in [5.41, 5.74) is -0.888. The predicted molar refractivity (Wildman–Crippen MR) is 88.5 cm³/mol. The molecule has 0 bridgehead atoms. The molecule has 3 heterocycles. The molecule has 1 amide bonds. The van der Waals surface area contributed by atoms with Crippen LogP contribution in [0.15, 0.2) is 29.6 Å². The van der Waals surface area contributed by atoms with Crippen LogP contribution in [0.25, 0.3) is 16.2 Å². The lowest BCUT2D eigenvalue weighted by Crippen LogP contribution is -2.32. The van der Waals surface area contributed by atoms with Crippen molar-refractivity contribution >= 4 is 22.9 Å². The van der Waals surface area contributed by atoms with Crippen LogP contribution in [0.2, 0.25) is 0 Å². The third-order valence-corrected chi connectivity index (χ3v) is 4.61. The van der Waals surface area contributed by atoms with Crippen molar-refractivity contribution in [3.63, 3.8) is 0 Å². The zero-order chi connectivity index (χ0) is 18.2. The van der Waals surface area contributed by atoms with Crippen LogP contribution in [-0.2, 0) is 6.18 Å². The number of halogens is 3. The van der Waals surface area contributed by atoms with Gasteiger partial charge in [-0.3, -0.25) is 4.79 Å². The Kier molecular flexibility index (Phi) is 4.51. The molecule has 5 nitrogen and oxygen atoms in total. The molecule has 0 saturated carbocycles. The van der Waals surface area contributed by atoms with Crippen molar-refractivity contribution in [2.24, 2.45) is 0 Å². The van der Waals surface area contributed by atoms with Crippen LogP contribution in [0.1, 0.15) is 36.5 Å². The van der Waals surface area contributed by atoms with E-state index in [9.17, 15) is 18.0 Å². The molecule has 1 N–H and O–H groups in total. The number of nitrogens with one attached hydrogen (secondary N) is 1. The standard InChI is InChI=1S/C16H15F3N4OS/c1-3-9(2)20-15(24)11-8-14-21-10(12-5-4-6-25-12)7-13(16(17,18)19)23(14)22-11/h4-9H,3H2,1-2H3,(H,20,24)/t9-/m1/s1. The fraction of sp³-hybridized carbons (Fsp3) is 0.312. The molecule has 0 aliphatic rings. The second-order valence-corrected chi connectivity index (χ2v) is 6.53. The predicted octanol–water partition coefficient (Wildman–Crippen LogP) is 4.00. The van der Waals surface area contributed by atoms with Gasteiger partial charge < -0.3 is 5.32 Å². The molecule has 3 aromatic heterocycles. The fourth-order valence-corrected chi connectivity index (χ4v) is 2.92. The van der Waals surface area contributed by atoms with E-state index < -0.39 is 17.8 Å². The molecule has 0 saturated heterocycles. The van der Waals surface area contributed by atoms with Gasteiger partial charge in [0, 0.05) is 12.1 Å². The minimum Gasteiger partial charge on any atom is -0.348 e. The van der Waals surface area contributed by atoms with Gasteiger partial charge in [0.05, 0.1) is 10.6 Å². The Morgan fingerprint density at radius 2 is 2.16 bits per heavy atom. The second-order valence-electron chi connectivity index (χ2n) is 5.58. The Bertz CT molecular complexity index is 902. The lowest BCUT2D eigenvalue weighted by Gasteiger charge is -2.10. The number of fused-ring (bicyclic) bond motifs is 1. The van der Waals surface area contributed by atoms with E-state index in [-0.39, 0.29) is 23.1 Å². The monoisotopic (exact) mass is 368 g/mol. The Hall–Kier alpha value is -2.42. The number of thiophene rings is 1. The first-order chi connectivity index (χ1) is 11.8. The highest BCUT2D eigenvalue weighted by atomic mass is 32.1. The lowest BCUT2D eigenvalue weighted by atomic mass is 10.2. The Balaban J connectivity index is 2.12. The quantitative estimate of drug-likeness (QED) is 0.757. The van der Waals surface area contributed by atoms with E-state index in [0.717, 1.165) is 6.07 Å². The van der Waals surface area contributed by atoms with Crippen LogP contribution in [0, 0.1) is 0 Å². The molecule has 0 aliphatic carbocycles. The molecule has 0 spiro atoms. The van der Waals surface area contributed by atoms with Gasteiger partial charge in [0.25, 0.3) is 5.91 Å². The Labute approximate surface area is 145 Å². The van der Waals surface area contributed by atoms with E-state index in [1.807, 2.05) is 13.8 Å². The number of aromatic nitrogens is 3. The van der Waals surface area contributed by atoms with Gasteiger partial charge in [0.2, 0.25) is 0 Å². The highest BCUT2D eigenvalue weighted by molar-refractivity contribution is 7.13. The molecule has 0 radical (unpaired) electrons. The van der Waals surface area contributed by atoms with Crippen LogP contribution < -0.4 is 5.32 Å². The van der Waals surface area contributed by atoms with Gasteiger partial charge in [0.1, 0.15) is 0 Å². The van der Waals surface area contributed by atoms with Crippen LogP contribution in [0.3, 0.4) is 0 Å². The van der Waals surface area contributed by atoms with Gasteiger partial charge >= 0.3 is 6.18 Å². The number of carbonyl (C=O) groups excluding carboxylic acids is 1. The van der Waals surface area contributed by atoms with E-state index >= 15 is 0 Å². The second kappa shape index (κ2) is 6.47. The molecule has 0 aliphatic heterocycles. The SMILES string of the molecule is CC[C@@H](C)NC(=O)c1cc2nc(-c3cccs3)cc(C(F)(F)F)n2n1. The molecule has 3 aromatic rings. The summed E-state index contributed by atoms with van der Waals surface area (Å²) in [6, 6.07) is 5.54. The normalized spacial score (nSPS) is 13.2. The Morgan fingerprint density at radius 3 is 2.76 bits per heavy atom. The van der Waals surface area contributed by atoms with Crippen molar-refractivity contribution in [3.05, 3.63) is 41.0 Å². The van der Waals surface area contributed by atoms with Crippen molar-refractivity contribution in [2.45, 2.75) is 32.5 Å². The minimum atomic E-state index is -4.62. The summed E-state index contributed by atoms with van der Waals surface area (Å²) in [4.78, 5) is 17.0. The molecule has 0 unspecified atom stereocenters. The average molecular weight is 368 g/mol. The molecule has 3 rings (SSSR count). The summed E-state index contributed by atoms with van der Waals surface area (Å²) in [6.45, 7) is 3.70. The molecule has 25 heavy (non-hydrogen) atoms. The van der Waals surface area contributed by atoms with E-state index in [0.29, 0.717) is 15.8 Å². The smallest absolute Gasteiger partial charge is 0.348 e. The highest BCUT2D eigenvalue weighted by Gasteiger charge is 2.35. The molecule has 0 aromatic carbocycles. The maximum Gasteiger partial charge on any atom is 0.433 e. The van der Waals surface area contributed by atoms with E-state index in [4.69, 9.17) is 0 Å². The molecule has 1 atom stereocenters. The number of hydrogen-bond acceptors (Lipinski definition) is 4.